The minimum absolute atomic E-state index is 0.0677. The molecule has 2 amide bonds. The summed E-state index contributed by atoms with van der Waals surface area (Å²) in [6.07, 6.45) is 5.18. The van der Waals surface area contributed by atoms with Gasteiger partial charge >= 0.3 is 12.0 Å². The lowest BCUT2D eigenvalue weighted by Gasteiger charge is -2.16. The molecule has 7 nitrogen and oxygen atoms in total. The smallest absolute Gasteiger partial charge is 0.315 e. The van der Waals surface area contributed by atoms with Crippen molar-refractivity contribution in [3.63, 3.8) is 0 Å². The van der Waals surface area contributed by atoms with E-state index in [1.54, 1.807) is 0 Å². The molecule has 24 heavy (non-hydrogen) atoms. The van der Waals surface area contributed by atoms with Crippen molar-refractivity contribution in [2.75, 3.05) is 5.75 Å². The highest BCUT2D eigenvalue weighted by Gasteiger charge is 2.42. The van der Waals surface area contributed by atoms with E-state index in [-0.39, 0.29) is 30.3 Å². The number of thioether (sulfide) groups is 1. The van der Waals surface area contributed by atoms with Gasteiger partial charge in [-0.05, 0) is 25.7 Å². The maximum atomic E-state index is 12.0. The maximum absolute atomic E-state index is 12.0. The van der Waals surface area contributed by atoms with E-state index >= 15 is 0 Å². The maximum Gasteiger partial charge on any atom is 0.315 e. The van der Waals surface area contributed by atoms with E-state index in [1.807, 2.05) is 11.8 Å². The van der Waals surface area contributed by atoms with E-state index in [0.29, 0.717) is 30.9 Å². The predicted octanol–water partition coefficient (Wildman–Crippen LogP) is 1.25. The lowest BCUT2D eigenvalue weighted by atomic mass is 9.99. The molecule has 8 heteroatoms. The van der Waals surface area contributed by atoms with Crippen LogP contribution in [0.25, 0.3) is 0 Å². The number of ketones is 1. The summed E-state index contributed by atoms with van der Waals surface area (Å²) in [5, 5.41) is 14.9. The Balaban J connectivity index is 1.54. The van der Waals surface area contributed by atoms with Gasteiger partial charge in [-0.15, -0.1) is 0 Å². The van der Waals surface area contributed by atoms with Gasteiger partial charge in [0.15, 0.2) is 0 Å². The van der Waals surface area contributed by atoms with Gasteiger partial charge in [0, 0.05) is 23.8 Å². The van der Waals surface area contributed by atoms with E-state index in [2.05, 4.69) is 10.6 Å². The summed E-state index contributed by atoms with van der Waals surface area (Å²) in [6, 6.07) is -0.0789. The first-order valence-electron chi connectivity index (χ1n) is 8.66. The Morgan fingerprint density at radius 3 is 2.71 bits per heavy atom. The number of fused-ring (bicyclic) bond motifs is 1. The first-order valence-corrected chi connectivity index (χ1v) is 9.71. The van der Waals surface area contributed by atoms with Gasteiger partial charge in [0.05, 0.1) is 18.1 Å². The summed E-state index contributed by atoms with van der Waals surface area (Å²) >= 11 is 1.88. The van der Waals surface area contributed by atoms with Crippen molar-refractivity contribution in [2.24, 2.45) is 5.73 Å². The molecule has 0 aromatic heterocycles. The molecule has 136 valence electrons. The average Bonchev–Trinajstić information content (AvgIpc) is 3.07. The van der Waals surface area contributed by atoms with Crippen LogP contribution in [0.1, 0.15) is 51.4 Å². The van der Waals surface area contributed by atoms with Crippen LogP contribution in [-0.2, 0) is 9.59 Å². The molecule has 2 aliphatic heterocycles. The Morgan fingerprint density at radius 1 is 1.21 bits per heavy atom. The largest absolute Gasteiger partial charge is 0.481 e. The van der Waals surface area contributed by atoms with Crippen LogP contribution < -0.4 is 16.4 Å². The third-order valence-corrected chi connectivity index (χ3v) is 6.18. The van der Waals surface area contributed by atoms with Gasteiger partial charge in [-0.2, -0.15) is 11.8 Å². The van der Waals surface area contributed by atoms with Crippen LogP contribution >= 0.6 is 11.8 Å². The lowest BCUT2D eigenvalue weighted by molar-refractivity contribution is -0.137. The number of hydrogen-bond acceptors (Lipinski definition) is 5. The number of Topliss-reactive ketones (excluding diaryl/α,β-unsaturated/α-hetero) is 1. The Bertz CT molecular complexity index is 474. The number of unbranched alkanes of at least 4 members (excludes halogenated alkanes) is 2. The highest BCUT2D eigenvalue weighted by atomic mass is 32.2. The zero-order chi connectivity index (χ0) is 17.5. The summed E-state index contributed by atoms with van der Waals surface area (Å²) < 4.78 is 0. The van der Waals surface area contributed by atoms with Gasteiger partial charge < -0.3 is 21.5 Å². The van der Waals surface area contributed by atoms with Crippen LogP contribution in [0.3, 0.4) is 0 Å². The molecule has 0 saturated carbocycles. The second kappa shape index (κ2) is 9.27. The molecule has 0 radical (unpaired) electrons. The Kier molecular flexibility index (Phi) is 7.36. The molecule has 5 N–H and O–H groups in total. The molecule has 2 saturated heterocycles. The van der Waals surface area contributed by atoms with Gasteiger partial charge in [-0.25, -0.2) is 4.79 Å². The van der Waals surface area contributed by atoms with Crippen LogP contribution in [0.2, 0.25) is 0 Å². The number of aliphatic carboxylic acids is 1. The zero-order valence-electron chi connectivity index (χ0n) is 13.8. The molecule has 0 spiro atoms. The summed E-state index contributed by atoms with van der Waals surface area (Å²) in [4.78, 5) is 33.7. The highest BCUT2D eigenvalue weighted by molar-refractivity contribution is 8.00. The molecule has 4 atom stereocenters. The van der Waals surface area contributed by atoms with Gasteiger partial charge in [0.2, 0.25) is 0 Å². The van der Waals surface area contributed by atoms with Crippen molar-refractivity contribution >= 4 is 29.5 Å². The minimum atomic E-state index is -0.810. The quantitative estimate of drug-likeness (QED) is 0.326. The fraction of sp³-hybridized carbons (Fsp3) is 0.812. The summed E-state index contributed by atoms with van der Waals surface area (Å²) in [7, 11) is 0. The predicted molar refractivity (Wildman–Crippen MR) is 93.0 cm³/mol. The Morgan fingerprint density at radius 2 is 1.96 bits per heavy atom. The van der Waals surface area contributed by atoms with E-state index in [4.69, 9.17) is 10.8 Å². The van der Waals surface area contributed by atoms with Crippen LogP contribution in [-0.4, -0.2) is 52.0 Å². The first kappa shape index (κ1) is 19.1. The van der Waals surface area contributed by atoms with Crippen molar-refractivity contribution in [3.05, 3.63) is 0 Å². The number of carbonyl (C=O) groups excluding carboxylic acids is 2. The molecule has 1 unspecified atom stereocenters. The number of carboxylic acids is 1. The standard InChI is InChI=1S/C16H27N3O4S/c17-10(5-1-4-8-14(21)22)12(20)6-2-3-7-13-15-11(9-24-13)18-16(23)19-15/h10-11,13,15H,1-9,17H2,(H,21,22)(H2,18,19,23)/t10?,11-,13-,15-/m0/s1. The molecule has 2 heterocycles. The summed E-state index contributed by atoms with van der Waals surface area (Å²) in [5.74, 6) is 0.211. The molecular formula is C16H27N3O4S. The first-order chi connectivity index (χ1) is 11.5. The van der Waals surface area contributed by atoms with E-state index in [9.17, 15) is 14.4 Å². The number of urea groups is 1. The molecule has 0 aromatic carbocycles. The lowest BCUT2D eigenvalue weighted by Crippen LogP contribution is -2.36. The molecule has 2 fully saturated rings. The number of nitrogens with two attached hydrogens (primary N) is 1. The molecule has 0 aromatic rings. The number of hydrogen-bond donors (Lipinski definition) is 4. The average molecular weight is 357 g/mol. The van der Waals surface area contributed by atoms with Crippen molar-refractivity contribution in [1.82, 2.24) is 10.6 Å². The van der Waals surface area contributed by atoms with Crippen molar-refractivity contribution < 1.29 is 19.5 Å². The summed E-state index contributed by atoms with van der Waals surface area (Å²) in [6.45, 7) is 0. The van der Waals surface area contributed by atoms with E-state index < -0.39 is 12.0 Å². The van der Waals surface area contributed by atoms with Gasteiger partial charge in [0.25, 0.3) is 0 Å². The highest BCUT2D eigenvalue weighted by Crippen LogP contribution is 2.33. The third kappa shape index (κ3) is 5.66. The number of carbonyl (C=O) groups is 3. The molecule has 2 rings (SSSR count). The SMILES string of the molecule is NC(CCCCC(=O)O)C(=O)CCCC[C@@H]1SC[C@@H]2NC(=O)N[C@@H]21. The number of carboxylic acid groups (broad SMARTS) is 1. The van der Waals surface area contributed by atoms with Crippen LogP contribution in [0.5, 0.6) is 0 Å². The second-order valence-corrected chi connectivity index (χ2v) is 7.85. The fourth-order valence-corrected chi connectivity index (χ4v) is 4.82. The van der Waals surface area contributed by atoms with Crippen molar-refractivity contribution in [3.8, 4) is 0 Å². The van der Waals surface area contributed by atoms with Crippen LogP contribution in [0.15, 0.2) is 0 Å². The third-order valence-electron chi connectivity index (χ3n) is 4.67. The van der Waals surface area contributed by atoms with E-state index in [1.165, 1.54) is 0 Å². The number of amides is 2. The molecule has 0 aliphatic carbocycles. The minimum Gasteiger partial charge on any atom is -0.481 e. The molecule has 2 aliphatic rings. The van der Waals surface area contributed by atoms with Crippen molar-refractivity contribution in [2.45, 2.75) is 74.7 Å². The van der Waals surface area contributed by atoms with Crippen LogP contribution in [0, 0.1) is 0 Å². The van der Waals surface area contributed by atoms with E-state index in [0.717, 1.165) is 25.0 Å². The van der Waals surface area contributed by atoms with Crippen LogP contribution in [0.4, 0.5) is 4.79 Å². The molecule has 0 bridgehead atoms. The Hall–Kier alpha value is -1.28. The van der Waals surface area contributed by atoms with Gasteiger partial charge in [0.1, 0.15) is 5.78 Å². The van der Waals surface area contributed by atoms with Gasteiger partial charge in [-0.3, -0.25) is 9.59 Å². The molecular weight excluding hydrogens is 330 g/mol. The van der Waals surface area contributed by atoms with Gasteiger partial charge in [-0.1, -0.05) is 12.8 Å². The monoisotopic (exact) mass is 357 g/mol. The fourth-order valence-electron chi connectivity index (χ4n) is 3.27. The summed E-state index contributed by atoms with van der Waals surface area (Å²) in [5.41, 5.74) is 5.87. The Labute approximate surface area is 146 Å². The zero-order valence-corrected chi connectivity index (χ0v) is 14.6. The second-order valence-electron chi connectivity index (χ2n) is 6.58. The number of nitrogens with one attached hydrogen (secondary N) is 2. The topological polar surface area (TPSA) is 122 Å². The van der Waals surface area contributed by atoms with Crippen molar-refractivity contribution in [1.29, 1.82) is 0 Å². The number of rotatable bonds is 11. The normalized spacial score (nSPS) is 26.5.